The minimum atomic E-state index is -0.541. The largest absolute Gasteiger partial charge is 0.490 e. The number of hydrogen-bond acceptors (Lipinski definition) is 6. The second kappa shape index (κ2) is 5.01. The third kappa shape index (κ3) is 2.25. The Balaban J connectivity index is 2.46. The fourth-order valence-electron chi connectivity index (χ4n) is 1.39. The number of methoxy groups -OCH3 is 1. The van der Waals surface area contributed by atoms with Gasteiger partial charge in [0, 0.05) is 11.6 Å². The van der Waals surface area contributed by atoms with Crippen molar-refractivity contribution in [3.63, 3.8) is 0 Å². The zero-order valence-corrected chi connectivity index (χ0v) is 10.0. The number of nitrogens with zero attached hydrogens (tertiary/aromatic N) is 3. The third-order valence-corrected chi connectivity index (χ3v) is 2.45. The first kappa shape index (κ1) is 12.3. The van der Waals surface area contributed by atoms with Crippen LogP contribution in [0.4, 0.5) is 5.69 Å². The highest BCUT2D eigenvalue weighted by Crippen LogP contribution is 2.31. The van der Waals surface area contributed by atoms with Gasteiger partial charge in [-0.25, -0.2) is 0 Å². The molecule has 1 aromatic heterocycles. The van der Waals surface area contributed by atoms with Gasteiger partial charge in [-0.05, 0) is 12.1 Å². The maximum Gasteiger partial charge on any atom is 0.311 e. The molecule has 0 aliphatic carbocycles. The van der Waals surface area contributed by atoms with Gasteiger partial charge in [0.1, 0.15) is 0 Å². The smallest absolute Gasteiger partial charge is 0.311 e. The van der Waals surface area contributed by atoms with Gasteiger partial charge in [0.05, 0.1) is 17.9 Å². The molecule has 2 aromatic rings. The Bertz CT molecular complexity index is 584. The van der Waals surface area contributed by atoms with Crippen molar-refractivity contribution >= 4 is 17.3 Å². The SMILES string of the molecule is COc1ccc(-c2nc(CCl)no2)cc1[N+](=O)[O-]. The zero-order chi connectivity index (χ0) is 13.1. The number of nitro groups is 1. The molecule has 0 atom stereocenters. The van der Waals surface area contributed by atoms with E-state index in [9.17, 15) is 10.1 Å². The van der Waals surface area contributed by atoms with E-state index >= 15 is 0 Å². The van der Waals surface area contributed by atoms with E-state index in [1.54, 1.807) is 6.07 Å². The molecule has 0 saturated carbocycles. The van der Waals surface area contributed by atoms with E-state index in [1.807, 2.05) is 0 Å². The van der Waals surface area contributed by atoms with Gasteiger partial charge in [-0.1, -0.05) is 5.16 Å². The van der Waals surface area contributed by atoms with Crippen molar-refractivity contribution in [3.8, 4) is 17.2 Å². The molecule has 94 valence electrons. The number of aromatic nitrogens is 2. The van der Waals surface area contributed by atoms with Crippen LogP contribution < -0.4 is 4.74 Å². The molecular formula is C10H8ClN3O4. The summed E-state index contributed by atoms with van der Waals surface area (Å²) in [7, 11) is 1.36. The Morgan fingerprint density at radius 3 is 2.89 bits per heavy atom. The first-order valence-corrected chi connectivity index (χ1v) is 5.40. The quantitative estimate of drug-likeness (QED) is 0.481. The van der Waals surface area contributed by atoms with Crippen molar-refractivity contribution in [2.45, 2.75) is 5.88 Å². The summed E-state index contributed by atoms with van der Waals surface area (Å²) in [6.45, 7) is 0. The molecule has 7 nitrogen and oxygen atoms in total. The summed E-state index contributed by atoms with van der Waals surface area (Å²) in [4.78, 5) is 14.3. The number of nitro benzene ring substituents is 1. The second-order valence-corrected chi connectivity index (χ2v) is 3.56. The monoisotopic (exact) mass is 269 g/mol. The van der Waals surface area contributed by atoms with Crippen LogP contribution in [0.25, 0.3) is 11.5 Å². The van der Waals surface area contributed by atoms with Gasteiger partial charge >= 0.3 is 5.69 Å². The van der Waals surface area contributed by atoms with Crippen LogP contribution in [0.3, 0.4) is 0 Å². The standard InChI is InChI=1S/C10H8ClN3O4/c1-17-8-3-2-6(4-7(8)14(15)16)10-12-9(5-11)13-18-10/h2-4H,5H2,1H3. The molecule has 0 unspecified atom stereocenters. The molecule has 0 aliphatic heterocycles. The Kier molecular flexibility index (Phi) is 3.42. The van der Waals surface area contributed by atoms with E-state index in [0.29, 0.717) is 11.4 Å². The predicted octanol–water partition coefficient (Wildman–Crippen LogP) is 2.39. The zero-order valence-electron chi connectivity index (χ0n) is 9.29. The fraction of sp³-hybridized carbons (Fsp3) is 0.200. The average molecular weight is 270 g/mol. The van der Waals surface area contributed by atoms with Crippen molar-refractivity contribution < 1.29 is 14.2 Å². The molecule has 0 bridgehead atoms. The summed E-state index contributed by atoms with van der Waals surface area (Å²) in [5, 5.41) is 14.5. The number of benzene rings is 1. The van der Waals surface area contributed by atoms with Gasteiger partial charge in [-0.15, -0.1) is 11.6 Å². The Morgan fingerprint density at radius 2 is 2.33 bits per heavy atom. The van der Waals surface area contributed by atoms with E-state index in [4.69, 9.17) is 20.9 Å². The summed E-state index contributed by atoms with van der Waals surface area (Å²) in [5.41, 5.74) is 0.270. The van der Waals surface area contributed by atoms with Gasteiger partial charge < -0.3 is 9.26 Å². The van der Waals surface area contributed by atoms with Crippen molar-refractivity contribution in [2.24, 2.45) is 0 Å². The lowest BCUT2D eigenvalue weighted by molar-refractivity contribution is -0.385. The lowest BCUT2D eigenvalue weighted by Crippen LogP contribution is -1.94. The van der Waals surface area contributed by atoms with E-state index in [1.165, 1.54) is 19.2 Å². The maximum atomic E-state index is 10.9. The number of halogens is 1. The highest BCUT2D eigenvalue weighted by molar-refractivity contribution is 6.16. The lowest BCUT2D eigenvalue weighted by atomic mass is 10.2. The van der Waals surface area contributed by atoms with Crippen molar-refractivity contribution in [1.82, 2.24) is 10.1 Å². The summed E-state index contributed by atoms with van der Waals surface area (Å²) in [6, 6.07) is 4.37. The minimum absolute atomic E-state index is 0.113. The molecule has 0 aliphatic rings. The van der Waals surface area contributed by atoms with Crippen LogP contribution in [0.2, 0.25) is 0 Å². The highest BCUT2D eigenvalue weighted by atomic mass is 35.5. The number of alkyl halides is 1. The van der Waals surface area contributed by atoms with Gasteiger partial charge in [0.2, 0.25) is 0 Å². The summed E-state index contributed by atoms with van der Waals surface area (Å²) in [5.74, 6) is 0.782. The van der Waals surface area contributed by atoms with E-state index in [0.717, 1.165) is 0 Å². The normalized spacial score (nSPS) is 10.3. The lowest BCUT2D eigenvalue weighted by Gasteiger charge is -2.01. The summed E-state index contributed by atoms with van der Waals surface area (Å²) in [6.07, 6.45) is 0. The first-order valence-electron chi connectivity index (χ1n) is 4.87. The number of hydrogen-bond donors (Lipinski definition) is 0. The second-order valence-electron chi connectivity index (χ2n) is 3.29. The van der Waals surface area contributed by atoms with Crippen LogP contribution in [0.1, 0.15) is 5.82 Å². The van der Waals surface area contributed by atoms with Crippen molar-refractivity contribution in [2.75, 3.05) is 7.11 Å². The molecule has 18 heavy (non-hydrogen) atoms. The fourth-order valence-corrected chi connectivity index (χ4v) is 1.50. The van der Waals surface area contributed by atoms with E-state index in [-0.39, 0.29) is 23.2 Å². The molecule has 1 aromatic carbocycles. The molecule has 2 rings (SSSR count). The van der Waals surface area contributed by atoms with Gasteiger partial charge in [-0.2, -0.15) is 4.98 Å². The molecule has 1 heterocycles. The molecule has 8 heteroatoms. The highest BCUT2D eigenvalue weighted by Gasteiger charge is 2.18. The Morgan fingerprint density at radius 1 is 1.56 bits per heavy atom. The minimum Gasteiger partial charge on any atom is -0.490 e. The maximum absolute atomic E-state index is 10.9. The Hall–Kier alpha value is -2.15. The summed E-state index contributed by atoms with van der Waals surface area (Å²) >= 11 is 5.54. The van der Waals surface area contributed by atoms with E-state index in [2.05, 4.69) is 10.1 Å². The number of ether oxygens (including phenoxy) is 1. The van der Waals surface area contributed by atoms with Gasteiger partial charge in [0.15, 0.2) is 11.6 Å². The molecule has 0 saturated heterocycles. The van der Waals surface area contributed by atoms with Crippen LogP contribution in [0, 0.1) is 10.1 Å². The molecule has 0 amide bonds. The van der Waals surface area contributed by atoms with Crippen molar-refractivity contribution in [1.29, 1.82) is 0 Å². The molecular weight excluding hydrogens is 262 g/mol. The molecule has 0 spiro atoms. The molecule has 0 fully saturated rings. The van der Waals surface area contributed by atoms with E-state index < -0.39 is 4.92 Å². The van der Waals surface area contributed by atoms with Crippen LogP contribution in [-0.4, -0.2) is 22.2 Å². The van der Waals surface area contributed by atoms with Crippen LogP contribution in [-0.2, 0) is 5.88 Å². The number of rotatable bonds is 4. The summed E-state index contributed by atoms with van der Waals surface area (Å²) < 4.78 is 9.84. The van der Waals surface area contributed by atoms with Gasteiger partial charge in [0.25, 0.3) is 5.89 Å². The molecule has 0 N–H and O–H groups in total. The predicted molar refractivity (Wildman–Crippen MR) is 62.5 cm³/mol. The average Bonchev–Trinajstić information content (AvgIpc) is 2.86. The third-order valence-electron chi connectivity index (χ3n) is 2.21. The van der Waals surface area contributed by atoms with Crippen LogP contribution in [0.5, 0.6) is 5.75 Å². The van der Waals surface area contributed by atoms with Crippen LogP contribution >= 0.6 is 11.6 Å². The van der Waals surface area contributed by atoms with Crippen LogP contribution in [0.15, 0.2) is 22.7 Å². The van der Waals surface area contributed by atoms with Gasteiger partial charge in [-0.3, -0.25) is 10.1 Å². The first-order chi connectivity index (χ1) is 8.65. The molecule has 0 radical (unpaired) electrons. The topological polar surface area (TPSA) is 91.3 Å². The Labute approximate surface area is 106 Å². The van der Waals surface area contributed by atoms with Crippen molar-refractivity contribution in [3.05, 3.63) is 34.1 Å².